The largest absolute Gasteiger partial charge is 0.272 e. The van der Waals surface area contributed by atoms with E-state index in [2.05, 4.69) is 0 Å². The lowest BCUT2D eigenvalue weighted by atomic mass is 10.1. The van der Waals surface area contributed by atoms with Crippen molar-refractivity contribution >= 4 is 34.8 Å². The first-order valence-electron chi connectivity index (χ1n) is 8.96. The fourth-order valence-electron chi connectivity index (χ4n) is 3.13. The lowest BCUT2D eigenvalue weighted by Gasteiger charge is -2.16. The van der Waals surface area contributed by atoms with E-state index in [0.717, 1.165) is 29.5 Å². The number of halogens is 3. The molecule has 2 amide bonds. The van der Waals surface area contributed by atoms with Crippen molar-refractivity contribution in [1.29, 1.82) is 0 Å². The van der Waals surface area contributed by atoms with E-state index in [4.69, 9.17) is 0 Å². The zero-order valence-electron chi connectivity index (χ0n) is 15.4. The van der Waals surface area contributed by atoms with Crippen LogP contribution in [0.25, 0.3) is 5.57 Å². The van der Waals surface area contributed by atoms with Gasteiger partial charge < -0.3 is 0 Å². The molecule has 0 radical (unpaired) electrons. The minimum Gasteiger partial charge on any atom is -0.268 e. The van der Waals surface area contributed by atoms with Crippen LogP contribution in [0.5, 0.6) is 0 Å². The summed E-state index contributed by atoms with van der Waals surface area (Å²) in [4.78, 5) is 27.1. The Morgan fingerprint density at radius 1 is 0.767 bits per heavy atom. The average Bonchev–Trinajstić information content (AvgIpc) is 2.98. The molecule has 1 aliphatic rings. The summed E-state index contributed by atoms with van der Waals surface area (Å²) >= 11 is 1.14. The van der Waals surface area contributed by atoms with E-state index in [9.17, 15) is 22.8 Å². The Labute approximate surface area is 174 Å². The highest BCUT2D eigenvalue weighted by atomic mass is 32.2. The van der Waals surface area contributed by atoms with Crippen molar-refractivity contribution in [2.75, 3.05) is 4.90 Å². The molecule has 0 unspecified atom stereocenters. The van der Waals surface area contributed by atoms with Gasteiger partial charge in [0.1, 0.15) is 17.5 Å². The summed E-state index contributed by atoms with van der Waals surface area (Å²) in [6.07, 6.45) is 0. The Hall–Kier alpha value is -3.32. The number of rotatable bonds is 5. The van der Waals surface area contributed by atoms with E-state index in [1.165, 1.54) is 24.3 Å². The third kappa shape index (κ3) is 3.76. The van der Waals surface area contributed by atoms with Gasteiger partial charge in [0.2, 0.25) is 0 Å². The summed E-state index contributed by atoms with van der Waals surface area (Å²) in [7, 11) is 0. The van der Waals surface area contributed by atoms with Crippen LogP contribution in [-0.4, -0.2) is 11.8 Å². The van der Waals surface area contributed by atoms with Crippen molar-refractivity contribution in [2.24, 2.45) is 0 Å². The number of benzene rings is 3. The van der Waals surface area contributed by atoms with Crippen molar-refractivity contribution in [3.05, 3.63) is 106 Å². The smallest absolute Gasteiger partial charge is 0.268 e. The Morgan fingerprint density at radius 3 is 2.10 bits per heavy atom. The van der Waals surface area contributed by atoms with Crippen LogP contribution in [0.15, 0.2) is 77.7 Å². The maximum atomic E-state index is 14.3. The molecular weight excluding hydrogens is 411 g/mol. The SMILES string of the molecule is O=C1C(SCc2ccccc2)=C(c2ccc(F)cc2)C(=O)N1c1ccc(F)cc1F. The van der Waals surface area contributed by atoms with Crippen LogP contribution in [0, 0.1) is 17.5 Å². The normalized spacial score (nSPS) is 14.0. The monoisotopic (exact) mass is 425 g/mol. The molecular formula is C23H14F3NO2S. The summed E-state index contributed by atoms with van der Waals surface area (Å²) in [5, 5.41) is 0. The first-order chi connectivity index (χ1) is 14.5. The maximum absolute atomic E-state index is 14.3. The van der Waals surface area contributed by atoms with Crippen LogP contribution in [-0.2, 0) is 15.3 Å². The van der Waals surface area contributed by atoms with Crippen molar-refractivity contribution in [3.63, 3.8) is 0 Å². The summed E-state index contributed by atoms with van der Waals surface area (Å²) < 4.78 is 41.0. The van der Waals surface area contributed by atoms with E-state index >= 15 is 0 Å². The predicted molar refractivity (Wildman–Crippen MR) is 110 cm³/mol. The zero-order chi connectivity index (χ0) is 21.3. The van der Waals surface area contributed by atoms with Gasteiger partial charge in [0.05, 0.1) is 16.2 Å². The molecule has 4 rings (SSSR count). The third-order valence-electron chi connectivity index (χ3n) is 4.55. The average molecular weight is 425 g/mol. The molecule has 30 heavy (non-hydrogen) atoms. The van der Waals surface area contributed by atoms with Gasteiger partial charge in [0, 0.05) is 11.8 Å². The molecule has 3 aromatic rings. The second kappa shape index (κ2) is 8.20. The number of carbonyl (C=O) groups excluding carboxylic acids is 2. The molecule has 0 saturated heterocycles. The fourth-order valence-corrected chi connectivity index (χ4v) is 4.19. The maximum Gasteiger partial charge on any atom is 0.272 e. The molecule has 7 heteroatoms. The fraction of sp³-hybridized carbons (Fsp3) is 0.0435. The molecule has 1 heterocycles. The Kier molecular flexibility index (Phi) is 5.46. The first kappa shape index (κ1) is 20.0. The molecule has 0 bridgehead atoms. The number of anilines is 1. The molecule has 0 N–H and O–H groups in total. The van der Waals surface area contributed by atoms with Crippen LogP contribution in [0.3, 0.4) is 0 Å². The van der Waals surface area contributed by atoms with Crippen molar-refractivity contribution < 1.29 is 22.8 Å². The van der Waals surface area contributed by atoms with Crippen LogP contribution in [0.1, 0.15) is 11.1 Å². The van der Waals surface area contributed by atoms with Crippen LogP contribution >= 0.6 is 11.8 Å². The minimum atomic E-state index is -1.02. The number of amides is 2. The Balaban J connectivity index is 1.76. The first-order valence-corrected chi connectivity index (χ1v) is 9.95. The number of hydrogen-bond acceptors (Lipinski definition) is 3. The summed E-state index contributed by atoms with van der Waals surface area (Å²) in [6.45, 7) is 0. The second-order valence-corrected chi connectivity index (χ2v) is 7.51. The number of carbonyl (C=O) groups is 2. The van der Waals surface area contributed by atoms with Gasteiger partial charge in [-0.2, -0.15) is 0 Å². The third-order valence-corrected chi connectivity index (χ3v) is 5.70. The summed E-state index contributed by atoms with van der Waals surface area (Å²) in [6, 6.07) is 17.1. The minimum absolute atomic E-state index is 0.0599. The molecule has 3 aromatic carbocycles. The van der Waals surface area contributed by atoms with Gasteiger partial charge in [-0.25, -0.2) is 18.1 Å². The lowest BCUT2D eigenvalue weighted by Crippen LogP contribution is -2.32. The van der Waals surface area contributed by atoms with Gasteiger partial charge >= 0.3 is 0 Å². The molecule has 0 aliphatic carbocycles. The number of hydrogen-bond donors (Lipinski definition) is 0. The van der Waals surface area contributed by atoms with Crippen LogP contribution in [0.2, 0.25) is 0 Å². The second-order valence-electron chi connectivity index (χ2n) is 6.53. The number of nitrogens with zero attached hydrogens (tertiary/aromatic N) is 1. The number of thioether (sulfide) groups is 1. The molecule has 0 atom stereocenters. The van der Waals surface area contributed by atoms with E-state index in [-0.39, 0.29) is 16.2 Å². The Morgan fingerprint density at radius 2 is 1.43 bits per heavy atom. The molecule has 150 valence electrons. The highest BCUT2D eigenvalue weighted by Crippen LogP contribution is 2.40. The molecule has 0 fully saturated rings. The molecule has 1 aliphatic heterocycles. The summed E-state index contributed by atoms with van der Waals surface area (Å²) in [5.41, 5.74) is 1.00. The van der Waals surface area contributed by atoms with E-state index in [1.54, 1.807) is 0 Å². The van der Waals surface area contributed by atoms with Crippen LogP contribution in [0.4, 0.5) is 18.9 Å². The summed E-state index contributed by atoms with van der Waals surface area (Å²) in [5.74, 6) is -3.38. The van der Waals surface area contributed by atoms with Gasteiger partial charge in [0.25, 0.3) is 11.8 Å². The standard InChI is InChI=1S/C23H14F3NO2S/c24-16-8-6-15(7-9-16)20-21(30-13-14-4-2-1-3-5-14)23(29)27(22(20)28)19-11-10-17(25)12-18(19)26/h1-12H,13H2. The van der Waals surface area contributed by atoms with Crippen molar-refractivity contribution in [3.8, 4) is 0 Å². The molecule has 3 nitrogen and oxygen atoms in total. The van der Waals surface area contributed by atoms with E-state index < -0.39 is 29.3 Å². The highest BCUT2D eigenvalue weighted by molar-refractivity contribution is 8.03. The highest BCUT2D eigenvalue weighted by Gasteiger charge is 2.41. The van der Waals surface area contributed by atoms with Gasteiger partial charge in [-0.3, -0.25) is 9.59 Å². The molecule has 0 aromatic heterocycles. The predicted octanol–water partition coefficient (Wildman–Crippen LogP) is 5.32. The molecule has 0 spiro atoms. The van der Waals surface area contributed by atoms with E-state index in [1.807, 2.05) is 30.3 Å². The van der Waals surface area contributed by atoms with E-state index in [0.29, 0.717) is 22.3 Å². The van der Waals surface area contributed by atoms with Crippen LogP contribution < -0.4 is 4.90 Å². The topological polar surface area (TPSA) is 37.4 Å². The van der Waals surface area contributed by atoms with Crippen molar-refractivity contribution in [2.45, 2.75) is 5.75 Å². The Bertz CT molecular complexity index is 1160. The molecule has 0 saturated carbocycles. The lowest BCUT2D eigenvalue weighted by molar-refractivity contribution is -0.119. The van der Waals surface area contributed by atoms with Gasteiger partial charge in [-0.15, -0.1) is 11.8 Å². The number of imide groups is 1. The van der Waals surface area contributed by atoms with Gasteiger partial charge in [-0.1, -0.05) is 42.5 Å². The van der Waals surface area contributed by atoms with Gasteiger partial charge in [0.15, 0.2) is 0 Å². The zero-order valence-corrected chi connectivity index (χ0v) is 16.3. The van der Waals surface area contributed by atoms with Gasteiger partial charge in [-0.05, 0) is 35.4 Å². The quantitative estimate of drug-likeness (QED) is 0.519. The van der Waals surface area contributed by atoms with Crippen molar-refractivity contribution in [1.82, 2.24) is 0 Å².